The van der Waals surface area contributed by atoms with E-state index in [1.165, 1.54) is 0 Å². The van der Waals surface area contributed by atoms with Crippen molar-refractivity contribution in [2.45, 2.75) is 0 Å². The molecule has 0 aliphatic heterocycles. The van der Waals surface area contributed by atoms with Crippen LogP contribution in [0.15, 0.2) is 22.7 Å². The first-order valence-electron chi connectivity index (χ1n) is 3.53. The van der Waals surface area contributed by atoms with Crippen molar-refractivity contribution in [2.24, 2.45) is 7.05 Å². The normalized spacial score (nSPS) is 10.8. The van der Waals surface area contributed by atoms with Crippen LogP contribution >= 0.6 is 28.1 Å². The molecule has 62 valence electrons. The topological polar surface area (TPSA) is 20.7 Å². The van der Waals surface area contributed by atoms with Gasteiger partial charge in [0.1, 0.15) is 0 Å². The molecular weight excluding hydrogens is 236 g/mol. The zero-order valence-corrected chi connectivity index (χ0v) is 8.87. The molecule has 1 N–H and O–H groups in total. The third-order valence-corrected chi connectivity index (χ3v) is 2.93. The van der Waals surface area contributed by atoms with E-state index in [2.05, 4.69) is 20.9 Å². The van der Waals surface area contributed by atoms with Crippen LogP contribution in [0.2, 0.25) is 0 Å². The Morgan fingerprint density at radius 1 is 1.50 bits per heavy atom. The molecule has 4 heteroatoms. The van der Waals surface area contributed by atoms with Crippen LogP contribution in [0.1, 0.15) is 0 Å². The van der Waals surface area contributed by atoms with Gasteiger partial charge in [-0.05, 0) is 40.3 Å². The lowest BCUT2D eigenvalue weighted by Crippen LogP contribution is -1.85. The summed E-state index contributed by atoms with van der Waals surface area (Å²) >= 11 is 8.55. The summed E-state index contributed by atoms with van der Waals surface area (Å²) in [5.74, 6) is 0. The minimum Gasteiger partial charge on any atom is -0.330 e. The molecule has 0 radical (unpaired) electrons. The van der Waals surface area contributed by atoms with Crippen molar-refractivity contribution in [3.8, 4) is 0 Å². The van der Waals surface area contributed by atoms with E-state index in [0.29, 0.717) is 0 Å². The van der Waals surface area contributed by atoms with Gasteiger partial charge in [-0.1, -0.05) is 6.07 Å². The number of aryl methyl sites for hydroxylation is 1. The van der Waals surface area contributed by atoms with Crippen LogP contribution in [-0.2, 0) is 7.05 Å². The van der Waals surface area contributed by atoms with Gasteiger partial charge < -0.3 is 9.55 Å². The molecule has 0 saturated carbocycles. The van der Waals surface area contributed by atoms with Crippen molar-refractivity contribution in [1.82, 2.24) is 9.55 Å². The third kappa shape index (κ3) is 1.03. The maximum Gasteiger partial charge on any atom is 0.177 e. The summed E-state index contributed by atoms with van der Waals surface area (Å²) in [5, 5.41) is 0. The molecule has 0 bridgehead atoms. The molecule has 0 atom stereocenters. The average Bonchev–Trinajstić information content (AvgIpc) is 2.32. The molecule has 0 unspecified atom stereocenters. The Morgan fingerprint density at radius 2 is 2.25 bits per heavy atom. The SMILES string of the molecule is Cn1c(=S)[nH]c2c(Br)cccc21. The molecule has 0 amide bonds. The van der Waals surface area contributed by atoms with Crippen LogP contribution in [-0.4, -0.2) is 9.55 Å². The van der Waals surface area contributed by atoms with E-state index < -0.39 is 0 Å². The Bertz CT molecular complexity index is 483. The van der Waals surface area contributed by atoms with Gasteiger partial charge in [-0.2, -0.15) is 0 Å². The van der Waals surface area contributed by atoms with Gasteiger partial charge in [0, 0.05) is 11.5 Å². The van der Waals surface area contributed by atoms with Gasteiger partial charge in [-0.25, -0.2) is 0 Å². The summed E-state index contributed by atoms with van der Waals surface area (Å²) in [6.45, 7) is 0. The standard InChI is InChI=1S/C8H7BrN2S/c1-11-6-4-2-3-5(9)7(6)10-8(11)12/h2-4H,1H3,(H,10,12). The number of halogens is 1. The maximum atomic E-state index is 5.10. The van der Waals surface area contributed by atoms with Crippen molar-refractivity contribution >= 4 is 39.2 Å². The van der Waals surface area contributed by atoms with Crippen molar-refractivity contribution in [3.63, 3.8) is 0 Å². The Morgan fingerprint density at radius 3 is 2.92 bits per heavy atom. The lowest BCUT2D eigenvalue weighted by atomic mass is 10.3. The molecule has 0 aliphatic rings. The molecule has 12 heavy (non-hydrogen) atoms. The van der Waals surface area contributed by atoms with E-state index in [4.69, 9.17) is 12.2 Å². The summed E-state index contributed by atoms with van der Waals surface area (Å²) in [5.41, 5.74) is 2.18. The van der Waals surface area contributed by atoms with Crippen molar-refractivity contribution in [2.75, 3.05) is 0 Å². The van der Waals surface area contributed by atoms with Gasteiger partial charge in [0.15, 0.2) is 4.77 Å². The predicted molar refractivity (Wildman–Crippen MR) is 55.8 cm³/mol. The third-order valence-electron chi connectivity index (χ3n) is 1.89. The molecule has 2 aromatic rings. The molecule has 2 rings (SSSR count). The number of H-pyrrole nitrogens is 1. The number of para-hydroxylation sites is 1. The Balaban J connectivity index is 3.05. The summed E-state index contributed by atoms with van der Waals surface area (Å²) in [6.07, 6.45) is 0. The van der Waals surface area contributed by atoms with Crippen LogP contribution in [0.4, 0.5) is 0 Å². The molecule has 0 fully saturated rings. The average molecular weight is 243 g/mol. The van der Waals surface area contributed by atoms with Gasteiger partial charge in [0.05, 0.1) is 11.0 Å². The molecule has 0 spiro atoms. The Kier molecular flexibility index (Phi) is 1.81. The highest BCUT2D eigenvalue weighted by Crippen LogP contribution is 2.21. The van der Waals surface area contributed by atoms with Gasteiger partial charge in [0.2, 0.25) is 0 Å². The monoisotopic (exact) mass is 242 g/mol. The van der Waals surface area contributed by atoms with Crippen molar-refractivity contribution in [3.05, 3.63) is 27.4 Å². The molecule has 0 aliphatic carbocycles. The number of hydrogen-bond acceptors (Lipinski definition) is 1. The number of fused-ring (bicyclic) bond motifs is 1. The van der Waals surface area contributed by atoms with Crippen LogP contribution in [0, 0.1) is 4.77 Å². The number of rotatable bonds is 0. The summed E-state index contributed by atoms with van der Waals surface area (Å²) in [7, 11) is 1.95. The largest absolute Gasteiger partial charge is 0.330 e. The fourth-order valence-electron chi connectivity index (χ4n) is 1.22. The molecule has 1 heterocycles. The summed E-state index contributed by atoms with van der Waals surface area (Å²) in [4.78, 5) is 3.13. The number of aromatic amines is 1. The van der Waals surface area contributed by atoms with Gasteiger partial charge in [-0.3, -0.25) is 0 Å². The highest BCUT2D eigenvalue weighted by atomic mass is 79.9. The second-order valence-corrected chi connectivity index (χ2v) is 3.86. The van der Waals surface area contributed by atoms with E-state index >= 15 is 0 Å². The fraction of sp³-hybridized carbons (Fsp3) is 0.125. The number of aromatic nitrogens is 2. The van der Waals surface area contributed by atoms with Gasteiger partial charge in [0.25, 0.3) is 0 Å². The van der Waals surface area contributed by atoms with Crippen LogP contribution in [0.5, 0.6) is 0 Å². The predicted octanol–water partition coefficient (Wildman–Crippen LogP) is 3.00. The van der Waals surface area contributed by atoms with Crippen molar-refractivity contribution < 1.29 is 0 Å². The zero-order valence-electron chi connectivity index (χ0n) is 6.47. The molecule has 1 aromatic heterocycles. The number of imidazole rings is 1. The summed E-state index contributed by atoms with van der Waals surface area (Å²) in [6, 6.07) is 6.02. The Labute approximate surface area is 83.3 Å². The van der Waals surface area contributed by atoms with Gasteiger partial charge in [-0.15, -0.1) is 0 Å². The minimum atomic E-state index is 0.747. The van der Waals surface area contributed by atoms with E-state index in [1.54, 1.807) is 0 Å². The molecular formula is C8H7BrN2S. The second-order valence-electron chi connectivity index (χ2n) is 2.62. The highest BCUT2D eigenvalue weighted by Gasteiger charge is 2.02. The first kappa shape index (κ1) is 8.01. The van der Waals surface area contributed by atoms with Gasteiger partial charge >= 0.3 is 0 Å². The first-order chi connectivity index (χ1) is 5.70. The quantitative estimate of drug-likeness (QED) is 0.705. The second kappa shape index (κ2) is 2.71. The lowest BCUT2D eigenvalue weighted by molar-refractivity contribution is 0.927. The number of nitrogens with zero attached hydrogens (tertiary/aromatic N) is 1. The van der Waals surface area contributed by atoms with E-state index in [0.717, 1.165) is 20.3 Å². The number of hydrogen-bond donors (Lipinski definition) is 1. The van der Waals surface area contributed by atoms with Crippen LogP contribution in [0.25, 0.3) is 11.0 Å². The molecule has 1 aromatic carbocycles. The van der Waals surface area contributed by atoms with Crippen molar-refractivity contribution in [1.29, 1.82) is 0 Å². The highest BCUT2D eigenvalue weighted by molar-refractivity contribution is 9.10. The number of benzene rings is 1. The number of nitrogens with one attached hydrogen (secondary N) is 1. The molecule has 2 nitrogen and oxygen atoms in total. The lowest BCUT2D eigenvalue weighted by Gasteiger charge is -1.94. The van der Waals surface area contributed by atoms with E-state index in [9.17, 15) is 0 Å². The fourth-order valence-corrected chi connectivity index (χ4v) is 1.87. The van der Waals surface area contributed by atoms with Crippen LogP contribution in [0.3, 0.4) is 0 Å². The Hall–Kier alpha value is -0.610. The van der Waals surface area contributed by atoms with E-state index in [-0.39, 0.29) is 0 Å². The summed E-state index contributed by atoms with van der Waals surface area (Å²) < 4.78 is 3.75. The smallest absolute Gasteiger partial charge is 0.177 e. The minimum absolute atomic E-state index is 0.747. The maximum absolute atomic E-state index is 5.10. The van der Waals surface area contributed by atoms with E-state index in [1.807, 2.05) is 29.8 Å². The zero-order chi connectivity index (χ0) is 8.72. The molecule has 0 saturated heterocycles. The first-order valence-corrected chi connectivity index (χ1v) is 4.73. The van der Waals surface area contributed by atoms with Crippen LogP contribution < -0.4 is 0 Å².